The molecular formula is C15H21N3O2. The van der Waals surface area contributed by atoms with Crippen LogP contribution in [0, 0.1) is 5.92 Å². The molecule has 2 rings (SSSR count). The molecule has 0 bridgehead atoms. The van der Waals surface area contributed by atoms with E-state index in [1.165, 1.54) is 5.56 Å². The Morgan fingerprint density at radius 1 is 1.25 bits per heavy atom. The van der Waals surface area contributed by atoms with Gasteiger partial charge in [0.1, 0.15) is 5.75 Å². The van der Waals surface area contributed by atoms with Crippen LogP contribution in [0.5, 0.6) is 5.75 Å². The maximum atomic E-state index is 5.98. The fourth-order valence-corrected chi connectivity index (χ4v) is 1.87. The topological polar surface area (TPSA) is 74.2 Å². The van der Waals surface area contributed by atoms with Gasteiger partial charge in [0.2, 0.25) is 11.8 Å². The SMILES string of the molecule is COc1cccc(CCc2nnc(C(N)C(C)C)o2)c1. The Balaban J connectivity index is 1.97. The van der Waals surface area contributed by atoms with E-state index in [1.54, 1.807) is 7.11 Å². The molecule has 5 heteroatoms. The fraction of sp³-hybridized carbons (Fsp3) is 0.467. The van der Waals surface area contributed by atoms with Gasteiger partial charge in [0.15, 0.2) is 0 Å². The number of aryl methyl sites for hydroxylation is 2. The predicted molar refractivity (Wildman–Crippen MR) is 76.5 cm³/mol. The van der Waals surface area contributed by atoms with Crippen LogP contribution in [0.1, 0.15) is 37.2 Å². The van der Waals surface area contributed by atoms with Gasteiger partial charge in [-0.15, -0.1) is 10.2 Å². The Kier molecular flexibility index (Phi) is 4.74. The van der Waals surface area contributed by atoms with E-state index in [9.17, 15) is 0 Å². The Morgan fingerprint density at radius 2 is 2.05 bits per heavy atom. The number of hydrogen-bond acceptors (Lipinski definition) is 5. The Bertz CT molecular complexity index is 552. The maximum Gasteiger partial charge on any atom is 0.233 e. The van der Waals surface area contributed by atoms with Crippen molar-refractivity contribution in [3.05, 3.63) is 41.6 Å². The minimum atomic E-state index is -0.201. The van der Waals surface area contributed by atoms with Crippen LogP contribution < -0.4 is 10.5 Å². The molecule has 20 heavy (non-hydrogen) atoms. The summed E-state index contributed by atoms with van der Waals surface area (Å²) in [5, 5.41) is 8.07. The van der Waals surface area contributed by atoms with Crippen molar-refractivity contribution in [3.63, 3.8) is 0 Å². The molecule has 1 atom stereocenters. The molecule has 0 amide bonds. The third-order valence-electron chi connectivity index (χ3n) is 3.25. The first kappa shape index (κ1) is 14.5. The number of aromatic nitrogens is 2. The Labute approximate surface area is 119 Å². The van der Waals surface area contributed by atoms with Crippen LogP contribution in [0.25, 0.3) is 0 Å². The lowest BCUT2D eigenvalue weighted by atomic mass is 10.1. The third-order valence-corrected chi connectivity index (χ3v) is 3.25. The fourth-order valence-electron chi connectivity index (χ4n) is 1.87. The van der Waals surface area contributed by atoms with E-state index < -0.39 is 0 Å². The van der Waals surface area contributed by atoms with E-state index in [1.807, 2.05) is 32.0 Å². The van der Waals surface area contributed by atoms with Crippen molar-refractivity contribution in [2.24, 2.45) is 11.7 Å². The Morgan fingerprint density at radius 3 is 2.75 bits per heavy atom. The number of rotatable bonds is 6. The number of hydrogen-bond donors (Lipinski definition) is 1. The van der Waals surface area contributed by atoms with Gasteiger partial charge in [-0.05, 0) is 30.0 Å². The average molecular weight is 275 g/mol. The standard InChI is InChI=1S/C15H21N3O2/c1-10(2)14(16)15-18-17-13(20-15)8-7-11-5-4-6-12(9-11)19-3/h4-6,9-10,14H,7-8,16H2,1-3H3. The summed E-state index contributed by atoms with van der Waals surface area (Å²) in [6.07, 6.45) is 1.53. The molecular weight excluding hydrogens is 254 g/mol. The molecule has 0 aliphatic carbocycles. The second kappa shape index (κ2) is 6.52. The van der Waals surface area contributed by atoms with Crippen molar-refractivity contribution < 1.29 is 9.15 Å². The highest BCUT2D eigenvalue weighted by Crippen LogP contribution is 2.18. The molecule has 1 unspecified atom stereocenters. The van der Waals surface area contributed by atoms with Gasteiger partial charge in [-0.1, -0.05) is 26.0 Å². The maximum absolute atomic E-state index is 5.98. The summed E-state index contributed by atoms with van der Waals surface area (Å²) >= 11 is 0. The van der Waals surface area contributed by atoms with Crippen molar-refractivity contribution in [2.75, 3.05) is 7.11 Å². The van der Waals surface area contributed by atoms with E-state index in [2.05, 4.69) is 16.3 Å². The highest BCUT2D eigenvalue weighted by atomic mass is 16.5. The minimum Gasteiger partial charge on any atom is -0.497 e. The molecule has 0 aliphatic rings. The first-order valence-corrected chi connectivity index (χ1v) is 6.81. The van der Waals surface area contributed by atoms with Gasteiger partial charge in [-0.25, -0.2) is 0 Å². The lowest BCUT2D eigenvalue weighted by molar-refractivity contribution is 0.370. The second-order valence-corrected chi connectivity index (χ2v) is 5.16. The van der Waals surface area contributed by atoms with Crippen molar-refractivity contribution >= 4 is 0 Å². The van der Waals surface area contributed by atoms with Crippen LogP contribution in [0.4, 0.5) is 0 Å². The summed E-state index contributed by atoms with van der Waals surface area (Å²) in [5.41, 5.74) is 7.16. The van der Waals surface area contributed by atoms with Gasteiger partial charge in [-0.3, -0.25) is 0 Å². The third kappa shape index (κ3) is 3.57. The van der Waals surface area contributed by atoms with Crippen molar-refractivity contribution in [2.45, 2.75) is 32.7 Å². The van der Waals surface area contributed by atoms with E-state index in [-0.39, 0.29) is 12.0 Å². The van der Waals surface area contributed by atoms with Crippen LogP contribution in [0.15, 0.2) is 28.7 Å². The molecule has 1 aromatic heterocycles. The average Bonchev–Trinajstić information content (AvgIpc) is 2.93. The molecule has 0 spiro atoms. The number of methoxy groups -OCH3 is 1. The molecule has 0 saturated heterocycles. The molecule has 1 aromatic carbocycles. The first-order valence-electron chi connectivity index (χ1n) is 6.81. The molecule has 108 valence electrons. The van der Waals surface area contributed by atoms with Crippen molar-refractivity contribution in [3.8, 4) is 5.75 Å². The highest BCUT2D eigenvalue weighted by Gasteiger charge is 2.17. The van der Waals surface area contributed by atoms with Gasteiger partial charge >= 0.3 is 0 Å². The van der Waals surface area contributed by atoms with E-state index in [0.717, 1.165) is 12.2 Å². The van der Waals surface area contributed by atoms with Crippen molar-refractivity contribution in [1.82, 2.24) is 10.2 Å². The van der Waals surface area contributed by atoms with Gasteiger partial charge in [-0.2, -0.15) is 0 Å². The van der Waals surface area contributed by atoms with E-state index >= 15 is 0 Å². The quantitative estimate of drug-likeness (QED) is 0.876. The molecule has 2 aromatic rings. The molecule has 0 saturated carbocycles. The normalized spacial score (nSPS) is 12.7. The van der Waals surface area contributed by atoms with Crippen LogP contribution in [-0.4, -0.2) is 17.3 Å². The Hall–Kier alpha value is -1.88. The minimum absolute atomic E-state index is 0.201. The lowest BCUT2D eigenvalue weighted by Gasteiger charge is -2.09. The van der Waals surface area contributed by atoms with Crippen LogP contribution in [0.2, 0.25) is 0 Å². The summed E-state index contributed by atoms with van der Waals surface area (Å²) in [5.74, 6) is 2.27. The molecule has 5 nitrogen and oxygen atoms in total. The van der Waals surface area contributed by atoms with E-state index in [4.69, 9.17) is 14.9 Å². The summed E-state index contributed by atoms with van der Waals surface area (Å²) in [6, 6.07) is 7.77. The summed E-state index contributed by atoms with van der Waals surface area (Å²) in [4.78, 5) is 0. The van der Waals surface area contributed by atoms with Gasteiger partial charge in [0.25, 0.3) is 0 Å². The van der Waals surface area contributed by atoms with Gasteiger partial charge in [0, 0.05) is 6.42 Å². The summed E-state index contributed by atoms with van der Waals surface area (Å²) < 4.78 is 10.8. The number of benzene rings is 1. The zero-order valence-electron chi connectivity index (χ0n) is 12.2. The van der Waals surface area contributed by atoms with Crippen molar-refractivity contribution in [1.29, 1.82) is 0 Å². The lowest BCUT2D eigenvalue weighted by Crippen LogP contribution is -2.16. The predicted octanol–water partition coefficient (Wildman–Crippen LogP) is 2.52. The molecule has 0 radical (unpaired) electrons. The van der Waals surface area contributed by atoms with Crippen LogP contribution in [-0.2, 0) is 12.8 Å². The second-order valence-electron chi connectivity index (χ2n) is 5.16. The molecule has 0 aliphatic heterocycles. The van der Waals surface area contributed by atoms with Gasteiger partial charge in [0.05, 0.1) is 13.2 Å². The van der Waals surface area contributed by atoms with Gasteiger partial charge < -0.3 is 14.9 Å². The largest absolute Gasteiger partial charge is 0.497 e. The zero-order valence-corrected chi connectivity index (χ0v) is 12.2. The number of nitrogens with zero attached hydrogens (tertiary/aromatic N) is 2. The summed E-state index contributed by atoms with van der Waals surface area (Å²) in [7, 11) is 1.66. The molecule has 0 fully saturated rings. The monoisotopic (exact) mass is 275 g/mol. The smallest absolute Gasteiger partial charge is 0.233 e. The zero-order chi connectivity index (χ0) is 14.5. The summed E-state index contributed by atoms with van der Waals surface area (Å²) in [6.45, 7) is 4.07. The molecule has 2 N–H and O–H groups in total. The van der Waals surface area contributed by atoms with Crippen LogP contribution in [0.3, 0.4) is 0 Å². The van der Waals surface area contributed by atoms with Crippen LogP contribution >= 0.6 is 0 Å². The first-order chi connectivity index (χ1) is 9.60. The number of nitrogens with two attached hydrogens (primary N) is 1. The number of ether oxygens (including phenoxy) is 1. The highest BCUT2D eigenvalue weighted by molar-refractivity contribution is 5.28. The molecule has 1 heterocycles. The van der Waals surface area contributed by atoms with E-state index in [0.29, 0.717) is 18.2 Å².